The van der Waals surface area contributed by atoms with Gasteiger partial charge >= 0.3 is 5.97 Å². The Morgan fingerprint density at radius 2 is 2.38 bits per heavy atom. The SMILES string of the molecule is CCCC[C@@H]1CCC[C@]1(N)C(=O)O. The standard InChI is InChI=1S/C10H19NO2/c1-2-3-5-8-6-4-7-10(8,11)9(12)13/h8H,2-7,11H2,1H3,(H,12,13)/t8-,10-/m1/s1. The molecule has 0 bridgehead atoms. The molecule has 0 saturated heterocycles. The fraction of sp³-hybridized carbons (Fsp3) is 0.900. The van der Waals surface area contributed by atoms with Crippen LogP contribution in [0.5, 0.6) is 0 Å². The van der Waals surface area contributed by atoms with Gasteiger partial charge in [-0.15, -0.1) is 0 Å². The zero-order valence-electron chi connectivity index (χ0n) is 8.25. The molecule has 2 atom stereocenters. The van der Waals surface area contributed by atoms with E-state index in [0.717, 1.165) is 32.1 Å². The van der Waals surface area contributed by atoms with Crippen LogP contribution in [0.4, 0.5) is 0 Å². The number of rotatable bonds is 4. The maximum atomic E-state index is 11.0. The smallest absolute Gasteiger partial charge is 0.323 e. The summed E-state index contributed by atoms with van der Waals surface area (Å²) >= 11 is 0. The quantitative estimate of drug-likeness (QED) is 0.701. The molecule has 1 fully saturated rings. The van der Waals surface area contributed by atoms with Gasteiger partial charge in [0.15, 0.2) is 0 Å². The molecule has 13 heavy (non-hydrogen) atoms. The maximum Gasteiger partial charge on any atom is 0.323 e. The number of aliphatic carboxylic acids is 1. The minimum atomic E-state index is -0.921. The lowest BCUT2D eigenvalue weighted by Crippen LogP contribution is -2.50. The first-order chi connectivity index (χ1) is 6.11. The zero-order chi connectivity index (χ0) is 9.90. The Balaban J connectivity index is 2.57. The average Bonchev–Trinajstić information content (AvgIpc) is 2.45. The molecular weight excluding hydrogens is 166 g/mol. The van der Waals surface area contributed by atoms with E-state index >= 15 is 0 Å². The Bertz CT molecular complexity index is 193. The van der Waals surface area contributed by atoms with E-state index < -0.39 is 11.5 Å². The highest BCUT2D eigenvalue weighted by molar-refractivity contribution is 5.79. The number of carbonyl (C=O) groups is 1. The van der Waals surface area contributed by atoms with Crippen molar-refractivity contribution in [3.05, 3.63) is 0 Å². The molecule has 0 aromatic heterocycles. The summed E-state index contributed by atoms with van der Waals surface area (Å²) in [5.41, 5.74) is 4.97. The minimum absolute atomic E-state index is 0.199. The molecule has 0 spiro atoms. The van der Waals surface area contributed by atoms with E-state index in [4.69, 9.17) is 10.8 Å². The van der Waals surface area contributed by atoms with Gasteiger partial charge in [0.25, 0.3) is 0 Å². The molecule has 0 radical (unpaired) electrons. The first-order valence-corrected chi connectivity index (χ1v) is 5.13. The number of carboxylic acids is 1. The van der Waals surface area contributed by atoms with Crippen molar-refractivity contribution >= 4 is 5.97 Å². The monoisotopic (exact) mass is 185 g/mol. The van der Waals surface area contributed by atoms with Crippen molar-refractivity contribution in [3.8, 4) is 0 Å². The van der Waals surface area contributed by atoms with Crippen molar-refractivity contribution in [2.45, 2.75) is 51.0 Å². The second-order valence-corrected chi connectivity index (χ2v) is 4.08. The topological polar surface area (TPSA) is 63.3 Å². The van der Waals surface area contributed by atoms with Crippen molar-refractivity contribution in [2.75, 3.05) is 0 Å². The highest BCUT2D eigenvalue weighted by Crippen LogP contribution is 2.37. The van der Waals surface area contributed by atoms with Gasteiger partial charge < -0.3 is 10.8 Å². The number of nitrogens with two attached hydrogens (primary N) is 1. The first-order valence-electron chi connectivity index (χ1n) is 5.13. The van der Waals surface area contributed by atoms with E-state index in [1.807, 2.05) is 0 Å². The predicted octanol–water partition coefficient (Wildman–Crippen LogP) is 1.76. The van der Waals surface area contributed by atoms with Gasteiger partial charge in [0.2, 0.25) is 0 Å². The Morgan fingerprint density at radius 1 is 1.69 bits per heavy atom. The Kier molecular flexibility index (Phi) is 3.31. The molecule has 0 aromatic rings. The molecule has 1 aliphatic carbocycles. The Morgan fingerprint density at radius 3 is 2.92 bits per heavy atom. The summed E-state index contributed by atoms with van der Waals surface area (Å²) in [6.45, 7) is 2.12. The number of hydrogen-bond acceptors (Lipinski definition) is 2. The molecule has 0 unspecified atom stereocenters. The van der Waals surface area contributed by atoms with Crippen LogP contribution in [0, 0.1) is 5.92 Å². The van der Waals surface area contributed by atoms with Gasteiger partial charge in [-0.3, -0.25) is 4.79 Å². The molecule has 1 aliphatic rings. The van der Waals surface area contributed by atoms with Crippen LogP contribution in [0.15, 0.2) is 0 Å². The third-order valence-corrected chi connectivity index (χ3v) is 3.18. The highest BCUT2D eigenvalue weighted by Gasteiger charge is 2.45. The highest BCUT2D eigenvalue weighted by atomic mass is 16.4. The third kappa shape index (κ3) is 2.02. The lowest BCUT2D eigenvalue weighted by Gasteiger charge is -2.26. The summed E-state index contributed by atoms with van der Waals surface area (Å²) in [5.74, 6) is -0.615. The molecule has 0 aromatic carbocycles. The molecule has 3 nitrogen and oxygen atoms in total. The van der Waals surface area contributed by atoms with E-state index in [1.54, 1.807) is 0 Å². The van der Waals surface area contributed by atoms with Gasteiger partial charge in [-0.05, 0) is 25.2 Å². The normalized spacial score (nSPS) is 33.5. The maximum absolute atomic E-state index is 11.0. The van der Waals surface area contributed by atoms with Crippen LogP contribution in [-0.2, 0) is 4.79 Å². The lowest BCUT2D eigenvalue weighted by molar-refractivity contribution is -0.144. The van der Waals surface area contributed by atoms with Crippen molar-refractivity contribution in [3.63, 3.8) is 0 Å². The molecule has 0 amide bonds. The van der Waals surface area contributed by atoms with E-state index in [2.05, 4.69) is 6.92 Å². The zero-order valence-corrected chi connectivity index (χ0v) is 8.25. The van der Waals surface area contributed by atoms with Gasteiger partial charge in [-0.1, -0.05) is 26.2 Å². The van der Waals surface area contributed by atoms with Gasteiger partial charge in [0, 0.05) is 0 Å². The molecule has 1 saturated carbocycles. The van der Waals surface area contributed by atoms with Gasteiger partial charge in [0.05, 0.1) is 0 Å². The molecule has 3 N–H and O–H groups in total. The molecule has 3 heteroatoms. The van der Waals surface area contributed by atoms with E-state index in [1.165, 1.54) is 0 Å². The average molecular weight is 185 g/mol. The fourth-order valence-corrected chi connectivity index (χ4v) is 2.24. The van der Waals surface area contributed by atoms with Crippen LogP contribution in [0.3, 0.4) is 0 Å². The van der Waals surface area contributed by atoms with Crippen LogP contribution in [0.1, 0.15) is 45.4 Å². The summed E-state index contributed by atoms with van der Waals surface area (Å²) in [6.07, 6.45) is 5.79. The largest absolute Gasteiger partial charge is 0.480 e. The van der Waals surface area contributed by atoms with Crippen molar-refractivity contribution in [2.24, 2.45) is 11.7 Å². The second-order valence-electron chi connectivity index (χ2n) is 4.08. The second kappa shape index (κ2) is 4.09. The summed E-state index contributed by atoms with van der Waals surface area (Å²) in [7, 11) is 0. The summed E-state index contributed by atoms with van der Waals surface area (Å²) in [5, 5.41) is 9.02. The van der Waals surface area contributed by atoms with Crippen LogP contribution >= 0.6 is 0 Å². The Labute approximate surface area is 79.3 Å². The number of unbranched alkanes of at least 4 members (excludes halogenated alkanes) is 1. The summed E-state index contributed by atoms with van der Waals surface area (Å²) in [6, 6.07) is 0. The molecule has 1 rings (SSSR count). The Hall–Kier alpha value is -0.570. The van der Waals surface area contributed by atoms with Crippen molar-refractivity contribution in [1.82, 2.24) is 0 Å². The molecule has 0 heterocycles. The predicted molar refractivity (Wildman–Crippen MR) is 51.4 cm³/mol. The summed E-state index contributed by atoms with van der Waals surface area (Å²) in [4.78, 5) is 11.0. The molecule has 0 aliphatic heterocycles. The first kappa shape index (κ1) is 10.5. The molecule has 76 valence electrons. The lowest BCUT2D eigenvalue weighted by atomic mass is 9.84. The van der Waals surface area contributed by atoms with Gasteiger partial charge in [-0.2, -0.15) is 0 Å². The van der Waals surface area contributed by atoms with Crippen LogP contribution < -0.4 is 5.73 Å². The summed E-state index contributed by atoms with van der Waals surface area (Å²) < 4.78 is 0. The van der Waals surface area contributed by atoms with Crippen molar-refractivity contribution < 1.29 is 9.90 Å². The van der Waals surface area contributed by atoms with Crippen LogP contribution in [0.2, 0.25) is 0 Å². The fourth-order valence-electron chi connectivity index (χ4n) is 2.24. The molecular formula is C10H19NO2. The van der Waals surface area contributed by atoms with E-state index in [0.29, 0.717) is 6.42 Å². The van der Waals surface area contributed by atoms with Gasteiger partial charge in [0.1, 0.15) is 5.54 Å². The van der Waals surface area contributed by atoms with Crippen molar-refractivity contribution in [1.29, 1.82) is 0 Å². The minimum Gasteiger partial charge on any atom is -0.480 e. The number of hydrogen-bond donors (Lipinski definition) is 2. The van der Waals surface area contributed by atoms with Crippen LogP contribution in [0.25, 0.3) is 0 Å². The van der Waals surface area contributed by atoms with Gasteiger partial charge in [-0.25, -0.2) is 0 Å². The third-order valence-electron chi connectivity index (χ3n) is 3.18. The van der Waals surface area contributed by atoms with Crippen LogP contribution in [-0.4, -0.2) is 16.6 Å². The van der Waals surface area contributed by atoms with E-state index in [9.17, 15) is 4.79 Å². The van der Waals surface area contributed by atoms with E-state index in [-0.39, 0.29) is 5.92 Å². The number of carboxylic acid groups (broad SMARTS) is 1.